The molecule has 13 nitrogen and oxygen atoms in total. The summed E-state index contributed by atoms with van der Waals surface area (Å²) < 4.78 is 48.6. The molecule has 16 heteroatoms. The number of carbonyl (C=O) groups is 2. The SMILES string of the molecule is CC(C)(C)OC(=O)N[C@H]1CN(Cc2ccnc(C(=O)Nc3ccc(-c4cc5c(N6CCOCC6)ncnc5n4COCC[Si](C)(C)C)cc3)c2)CCC1(F)F. The molecule has 2 aliphatic rings. The minimum Gasteiger partial charge on any atom is -0.444 e. The van der Waals surface area contributed by atoms with Gasteiger partial charge in [0, 0.05) is 65.7 Å². The number of likely N-dealkylation sites (tertiary alicyclic amines) is 1. The van der Waals surface area contributed by atoms with Crippen molar-refractivity contribution in [2.45, 2.75) is 83.7 Å². The van der Waals surface area contributed by atoms with E-state index in [4.69, 9.17) is 14.2 Å². The molecule has 1 aromatic carbocycles. The molecule has 0 unspecified atom stereocenters. The first kappa shape index (κ1) is 40.2. The topological polar surface area (TPSA) is 136 Å². The monoisotopic (exact) mass is 778 g/mol. The maximum atomic E-state index is 14.7. The Balaban J connectivity index is 1.14. The Morgan fingerprint density at radius 1 is 1.02 bits per heavy atom. The third-order valence-electron chi connectivity index (χ3n) is 9.50. The second-order valence-corrected chi connectivity index (χ2v) is 22.0. The molecule has 0 spiro atoms. The van der Waals surface area contributed by atoms with Gasteiger partial charge < -0.3 is 34.3 Å². The van der Waals surface area contributed by atoms with Crippen LogP contribution in [0.15, 0.2) is 55.0 Å². The van der Waals surface area contributed by atoms with Crippen LogP contribution in [0, 0.1) is 0 Å². The van der Waals surface area contributed by atoms with E-state index in [1.54, 1.807) is 39.2 Å². The van der Waals surface area contributed by atoms with Crippen LogP contribution < -0.4 is 15.5 Å². The molecule has 296 valence electrons. The van der Waals surface area contributed by atoms with Crippen LogP contribution in [0.3, 0.4) is 0 Å². The quantitative estimate of drug-likeness (QED) is 0.119. The number of anilines is 2. The van der Waals surface area contributed by atoms with Crippen LogP contribution in [0.25, 0.3) is 22.3 Å². The number of hydrogen-bond acceptors (Lipinski definition) is 10. The Hall–Kier alpha value is -4.51. The summed E-state index contributed by atoms with van der Waals surface area (Å²) in [6.45, 7) is 16.1. The van der Waals surface area contributed by atoms with Gasteiger partial charge in [-0.1, -0.05) is 31.8 Å². The van der Waals surface area contributed by atoms with E-state index in [2.05, 4.69) is 60.8 Å². The molecular weight excluding hydrogens is 727 g/mol. The van der Waals surface area contributed by atoms with E-state index in [-0.39, 0.29) is 18.8 Å². The van der Waals surface area contributed by atoms with Crippen molar-refractivity contribution in [3.8, 4) is 11.3 Å². The smallest absolute Gasteiger partial charge is 0.408 e. The van der Waals surface area contributed by atoms with Crippen molar-refractivity contribution in [1.82, 2.24) is 29.7 Å². The van der Waals surface area contributed by atoms with Crippen LogP contribution in [0.2, 0.25) is 25.7 Å². The molecule has 2 aliphatic heterocycles. The molecule has 5 heterocycles. The first-order valence-corrected chi connectivity index (χ1v) is 22.5. The fraction of sp³-hybridized carbons (Fsp3) is 0.513. The molecule has 6 rings (SSSR count). The molecule has 0 radical (unpaired) electrons. The van der Waals surface area contributed by atoms with Gasteiger partial charge in [-0.15, -0.1) is 0 Å². The molecule has 0 bridgehead atoms. The van der Waals surface area contributed by atoms with Gasteiger partial charge in [-0.25, -0.2) is 23.5 Å². The Kier molecular flexibility index (Phi) is 12.2. The van der Waals surface area contributed by atoms with Gasteiger partial charge in [-0.05, 0) is 68.3 Å². The third kappa shape index (κ3) is 10.6. The molecule has 2 N–H and O–H groups in total. The first-order valence-electron chi connectivity index (χ1n) is 18.8. The highest BCUT2D eigenvalue weighted by molar-refractivity contribution is 6.76. The summed E-state index contributed by atoms with van der Waals surface area (Å²) in [5, 5.41) is 6.21. The largest absolute Gasteiger partial charge is 0.444 e. The highest BCUT2D eigenvalue weighted by Gasteiger charge is 2.45. The number of alkyl halides is 2. The summed E-state index contributed by atoms with van der Waals surface area (Å²) in [4.78, 5) is 43.3. The van der Waals surface area contributed by atoms with Crippen LogP contribution in [0.4, 0.5) is 25.1 Å². The van der Waals surface area contributed by atoms with E-state index in [0.29, 0.717) is 38.8 Å². The van der Waals surface area contributed by atoms with Crippen molar-refractivity contribution in [3.05, 3.63) is 66.2 Å². The minimum atomic E-state index is -3.08. The predicted molar refractivity (Wildman–Crippen MR) is 210 cm³/mol. The summed E-state index contributed by atoms with van der Waals surface area (Å²) in [5.41, 5.74) is 3.33. The van der Waals surface area contributed by atoms with E-state index < -0.39 is 44.1 Å². The zero-order valence-corrected chi connectivity index (χ0v) is 33.5. The minimum absolute atomic E-state index is 0.0763. The lowest BCUT2D eigenvalue weighted by Gasteiger charge is -2.38. The Morgan fingerprint density at radius 2 is 1.76 bits per heavy atom. The average molecular weight is 779 g/mol. The average Bonchev–Trinajstić information content (AvgIpc) is 3.50. The van der Waals surface area contributed by atoms with E-state index in [0.717, 1.165) is 52.8 Å². The van der Waals surface area contributed by atoms with Crippen molar-refractivity contribution < 1.29 is 32.6 Å². The van der Waals surface area contributed by atoms with Crippen molar-refractivity contribution in [3.63, 3.8) is 0 Å². The molecule has 0 saturated carbocycles. The fourth-order valence-electron chi connectivity index (χ4n) is 6.57. The number of ether oxygens (including phenoxy) is 3. The number of pyridine rings is 1. The zero-order valence-electron chi connectivity index (χ0n) is 32.5. The van der Waals surface area contributed by atoms with E-state index >= 15 is 0 Å². The van der Waals surface area contributed by atoms with E-state index in [1.807, 2.05) is 29.2 Å². The van der Waals surface area contributed by atoms with Crippen LogP contribution in [0.1, 0.15) is 43.2 Å². The summed E-state index contributed by atoms with van der Waals surface area (Å²) in [6.07, 6.45) is 1.83. The van der Waals surface area contributed by atoms with Crippen LogP contribution in [-0.2, 0) is 27.5 Å². The second kappa shape index (κ2) is 16.7. The maximum absolute atomic E-state index is 14.7. The second-order valence-electron chi connectivity index (χ2n) is 16.4. The van der Waals surface area contributed by atoms with Gasteiger partial charge in [0.05, 0.1) is 24.3 Å². The Morgan fingerprint density at radius 3 is 2.47 bits per heavy atom. The van der Waals surface area contributed by atoms with Crippen molar-refractivity contribution in [2.24, 2.45) is 0 Å². The van der Waals surface area contributed by atoms with Gasteiger partial charge in [0.2, 0.25) is 0 Å². The number of nitrogens with zero attached hydrogens (tertiary/aromatic N) is 6. The van der Waals surface area contributed by atoms with Gasteiger partial charge in [0.25, 0.3) is 11.8 Å². The number of nitrogens with one attached hydrogen (secondary N) is 2. The standard InChI is InChI=1S/C39H52F2N8O5Si/c1-38(2,3)54-37(51)46-33-24-47(14-12-39(33,40)41)23-27-11-13-42-31(21-27)36(50)45-29-9-7-28(8-10-29)32-22-30-34(48-15-17-52-18-16-48)43-25-44-35(30)49(32)26-53-19-20-55(4,5)6/h7-11,13,21-22,25,33H,12,14-20,23-24,26H2,1-6H3,(H,45,50)(H,46,51)/t33-/m0/s1. The highest BCUT2D eigenvalue weighted by atomic mass is 28.3. The molecule has 4 aromatic rings. The van der Waals surface area contributed by atoms with E-state index in [1.165, 1.54) is 6.20 Å². The number of piperidine rings is 1. The third-order valence-corrected chi connectivity index (χ3v) is 11.2. The molecule has 0 aliphatic carbocycles. The number of aromatic nitrogens is 4. The number of hydrogen-bond donors (Lipinski definition) is 2. The molecule has 2 amide bonds. The Bertz CT molecular complexity index is 1960. The fourth-order valence-corrected chi connectivity index (χ4v) is 7.32. The van der Waals surface area contributed by atoms with Crippen molar-refractivity contribution >= 4 is 42.6 Å². The summed E-state index contributed by atoms with van der Waals surface area (Å²) >= 11 is 0. The molecule has 3 aromatic heterocycles. The van der Waals surface area contributed by atoms with Crippen LogP contribution >= 0.6 is 0 Å². The molecule has 2 fully saturated rings. The summed E-state index contributed by atoms with van der Waals surface area (Å²) in [6, 6.07) is 12.7. The lowest BCUT2D eigenvalue weighted by Crippen LogP contribution is -2.58. The van der Waals surface area contributed by atoms with Crippen LogP contribution in [0.5, 0.6) is 0 Å². The van der Waals surface area contributed by atoms with Crippen molar-refractivity contribution in [2.75, 3.05) is 56.2 Å². The molecule has 1 atom stereocenters. The summed E-state index contributed by atoms with van der Waals surface area (Å²) in [5.74, 6) is -2.62. The maximum Gasteiger partial charge on any atom is 0.408 e. The summed E-state index contributed by atoms with van der Waals surface area (Å²) in [7, 11) is -1.28. The van der Waals surface area contributed by atoms with Crippen LogP contribution in [-0.4, -0.2) is 108 Å². The van der Waals surface area contributed by atoms with Gasteiger partial charge in [0.1, 0.15) is 41.9 Å². The molecule has 55 heavy (non-hydrogen) atoms. The number of amides is 2. The van der Waals surface area contributed by atoms with Gasteiger partial charge in [-0.2, -0.15) is 0 Å². The number of benzene rings is 1. The van der Waals surface area contributed by atoms with Gasteiger partial charge in [0.15, 0.2) is 0 Å². The van der Waals surface area contributed by atoms with Gasteiger partial charge >= 0.3 is 6.09 Å². The number of fused-ring (bicyclic) bond motifs is 1. The molecule has 2 saturated heterocycles. The highest BCUT2D eigenvalue weighted by Crippen LogP contribution is 2.34. The number of alkyl carbamates (subject to hydrolysis) is 1. The normalized spacial score (nSPS) is 18.0. The lowest BCUT2D eigenvalue weighted by molar-refractivity contribution is -0.0859. The van der Waals surface area contributed by atoms with Crippen molar-refractivity contribution in [1.29, 1.82) is 0 Å². The zero-order chi connectivity index (χ0) is 39.4. The predicted octanol–water partition coefficient (Wildman–Crippen LogP) is 6.63. The van der Waals surface area contributed by atoms with Gasteiger partial charge in [-0.3, -0.25) is 14.7 Å². The number of rotatable bonds is 12. The van der Waals surface area contributed by atoms with E-state index in [9.17, 15) is 18.4 Å². The lowest BCUT2D eigenvalue weighted by atomic mass is 10.0. The Labute approximate surface area is 321 Å². The number of morpholine rings is 1. The molecular formula is C39H52F2N8O5Si. The number of carbonyl (C=O) groups excluding carboxylic acids is 2. The number of halogens is 2. The first-order chi connectivity index (χ1) is 26.0.